The zero-order valence-corrected chi connectivity index (χ0v) is 17.2. The van der Waals surface area contributed by atoms with Crippen molar-refractivity contribution in [2.45, 2.75) is 25.0 Å². The Bertz CT molecular complexity index is 883. The Balaban J connectivity index is 1.55. The molecule has 6 nitrogen and oxygen atoms in total. The summed E-state index contributed by atoms with van der Waals surface area (Å²) in [6, 6.07) is 14.0. The maximum atomic E-state index is 12.6. The number of halogens is 1. The minimum absolute atomic E-state index is 0.114. The highest BCUT2D eigenvalue weighted by atomic mass is 35.5. The van der Waals surface area contributed by atoms with Crippen LogP contribution in [-0.2, 0) is 10.0 Å². The second kappa shape index (κ2) is 9.13. The summed E-state index contributed by atoms with van der Waals surface area (Å²) in [5.74, 6) is 0.880. The standard InChI is InChI=1S/C20H24ClNO5S/c1-26-17-7-8-20(18(21)13-17)27-16-9-11-22(12-10-16)28(24,25)14-19(23)15-5-3-2-4-6-15/h2-8,13,16,19,23H,9-12,14H2,1H3/t19-/m0/s1. The van der Waals surface area contributed by atoms with E-state index in [9.17, 15) is 13.5 Å². The summed E-state index contributed by atoms with van der Waals surface area (Å²) in [6.45, 7) is 0.699. The Kier molecular flexibility index (Phi) is 6.82. The molecule has 8 heteroatoms. The average Bonchev–Trinajstić information content (AvgIpc) is 2.70. The maximum absolute atomic E-state index is 12.6. The fourth-order valence-electron chi connectivity index (χ4n) is 3.19. The van der Waals surface area contributed by atoms with Crippen LogP contribution in [0.1, 0.15) is 24.5 Å². The van der Waals surface area contributed by atoms with Crippen LogP contribution in [0, 0.1) is 0 Å². The van der Waals surface area contributed by atoms with Crippen molar-refractivity contribution in [1.29, 1.82) is 0 Å². The summed E-state index contributed by atoms with van der Waals surface area (Å²) in [6.07, 6.45) is -0.0406. The lowest BCUT2D eigenvalue weighted by molar-refractivity contribution is 0.133. The molecule has 1 N–H and O–H groups in total. The van der Waals surface area contributed by atoms with E-state index in [1.165, 1.54) is 4.31 Å². The topological polar surface area (TPSA) is 76.1 Å². The van der Waals surface area contributed by atoms with Gasteiger partial charge in [0.25, 0.3) is 0 Å². The van der Waals surface area contributed by atoms with Gasteiger partial charge in [0.2, 0.25) is 10.0 Å². The van der Waals surface area contributed by atoms with E-state index in [1.54, 1.807) is 49.6 Å². The van der Waals surface area contributed by atoms with Crippen molar-refractivity contribution in [1.82, 2.24) is 4.31 Å². The van der Waals surface area contributed by atoms with Crippen molar-refractivity contribution in [3.8, 4) is 11.5 Å². The molecule has 0 radical (unpaired) electrons. The molecule has 0 bridgehead atoms. The van der Waals surface area contributed by atoms with Crippen LogP contribution in [0.4, 0.5) is 0 Å². The lowest BCUT2D eigenvalue weighted by Gasteiger charge is -2.32. The first kappa shape index (κ1) is 20.9. The Morgan fingerprint density at radius 2 is 1.86 bits per heavy atom. The maximum Gasteiger partial charge on any atom is 0.217 e. The Hall–Kier alpha value is -1.80. The largest absolute Gasteiger partial charge is 0.497 e. The highest BCUT2D eigenvalue weighted by Gasteiger charge is 2.31. The van der Waals surface area contributed by atoms with Crippen LogP contribution in [0.25, 0.3) is 0 Å². The van der Waals surface area contributed by atoms with Crippen molar-refractivity contribution >= 4 is 21.6 Å². The summed E-state index contributed by atoms with van der Waals surface area (Å²) in [7, 11) is -1.99. The van der Waals surface area contributed by atoms with Crippen molar-refractivity contribution in [2.24, 2.45) is 0 Å². The van der Waals surface area contributed by atoms with Gasteiger partial charge in [-0.05, 0) is 30.5 Å². The molecule has 0 aromatic heterocycles. The fourth-order valence-corrected chi connectivity index (χ4v) is 4.97. The number of nitrogens with zero attached hydrogens (tertiary/aromatic N) is 1. The lowest BCUT2D eigenvalue weighted by atomic mass is 10.1. The zero-order valence-electron chi connectivity index (χ0n) is 15.6. The third-order valence-corrected chi connectivity index (χ3v) is 6.96. The molecule has 1 saturated heterocycles. The van der Waals surface area contributed by atoms with Gasteiger partial charge in [0.05, 0.1) is 24.0 Å². The molecule has 28 heavy (non-hydrogen) atoms. The molecular weight excluding hydrogens is 402 g/mol. The molecule has 0 saturated carbocycles. The third kappa shape index (κ3) is 5.17. The predicted octanol–water partition coefficient (Wildman–Crippen LogP) is 3.26. The van der Waals surface area contributed by atoms with Gasteiger partial charge in [0.1, 0.15) is 17.6 Å². The quantitative estimate of drug-likeness (QED) is 0.736. The summed E-state index contributed by atoms with van der Waals surface area (Å²) < 4.78 is 37.8. The zero-order chi connectivity index (χ0) is 20.1. The van der Waals surface area contributed by atoms with E-state index in [-0.39, 0.29) is 11.9 Å². The molecule has 0 spiro atoms. The summed E-state index contributed by atoms with van der Waals surface area (Å²) in [4.78, 5) is 0. The SMILES string of the molecule is COc1ccc(OC2CCN(S(=O)(=O)C[C@H](O)c3ccccc3)CC2)c(Cl)c1. The van der Waals surface area contributed by atoms with Crippen LogP contribution < -0.4 is 9.47 Å². The van der Waals surface area contributed by atoms with E-state index in [4.69, 9.17) is 21.1 Å². The first-order valence-corrected chi connectivity index (χ1v) is 11.1. The smallest absolute Gasteiger partial charge is 0.217 e. The number of methoxy groups -OCH3 is 1. The molecule has 2 aromatic carbocycles. The Morgan fingerprint density at radius 1 is 1.18 bits per heavy atom. The van der Waals surface area contributed by atoms with E-state index in [1.807, 2.05) is 6.07 Å². The number of aliphatic hydroxyl groups excluding tert-OH is 1. The third-order valence-electron chi connectivity index (χ3n) is 4.78. The molecule has 1 aliphatic rings. The van der Waals surface area contributed by atoms with Gasteiger partial charge in [0.15, 0.2) is 0 Å². The van der Waals surface area contributed by atoms with Crippen LogP contribution in [0.15, 0.2) is 48.5 Å². The van der Waals surface area contributed by atoms with E-state index >= 15 is 0 Å². The molecule has 1 heterocycles. The first-order valence-electron chi connectivity index (χ1n) is 9.10. The van der Waals surface area contributed by atoms with E-state index in [0.29, 0.717) is 48.0 Å². The number of ether oxygens (including phenoxy) is 2. The lowest BCUT2D eigenvalue weighted by Crippen LogP contribution is -2.43. The molecule has 0 amide bonds. The van der Waals surface area contributed by atoms with Gasteiger partial charge in [-0.2, -0.15) is 0 Å². The second-order valence-electron chi connectivity index (χ2n) is 6.72. The van der Waals surface area contributed by atoms with Gasteiger partial charge in [-0.15, -0.1) is 0 Å². The van der Waals surface area contributed by atoms with Gasteiger partial charge in [0, 0.05) is 19.2 Å². The van der Waals surface area contributed by atoms with Crippen molar-refractivity contribution in [2.75, 3.05) is 26.0 Å². The molecule has 1 atom stereocenters. The molecule has 0 unspecified atom stereocenters. The first-order chi connectivity index (χ1) is 13.4. The van der Waals surface area contributed by atoms with Crippen LogP contribution >= 0.6 is 11.6 Å². The van der Waals surface area contributed by atoms with Crippen LogP contribution in [0.3, 0.4) is 0 Å². The van der Waals surface area contributed by atoms with E-state index in [0.717, 1.165) is 0 Å². The molecule has 2 aromatic rings. The Morgan fingerprint density at radius 3 is 2.46 bits per heavy atom. The minimum Gasteiger partial charge on any atom is -0.497 e. The molecule has 1 aliphatic heterocycles. The molecule has 3 rings (SSSR count). The monoisotopic (exact) mass is 425 g/mol. The predicted molar refractivity (Wildman–Crippen MR) is 108 cm³/mol. The minimum atomic E-state index is -3.56. The van der Waals surface area contributed by atoms with Crippen molar-refractivity contribution in [3.05, 3.63) is 59.1 Å². The fraction of sp³-hybridized carbons (Fsp3) is 0.400. The highest BCUT2D eigenvalue weighted by Crippen LogP contribution is 2.31. The number of hydrogen-bond acceptors (Lipinski definition) is 5. The van der Waals surface area contributed by atoms with Gasteiger partial charge in [-0.3, -0.25) is 0 Å². The van der Waals surface area contributed by atoms with Gasteiger partial charge in [-0.1, -0.05) is 41.9 Å². The van der Waals surface area contributed by atoms with E-state index in [2.05, 4.69) is 0 Å². The van der Waals surface area contributed by atoms with Crippen LogP contribution in [-0.4, -0.2) is 49.9 Å². The van der Waals surface area contributed by atoms with Crippen LogP contribution in [0.5, 0.6) is 11.5 Å². The van der Waals surface area contributed by atoms with Crippen molar-refractivity contribution in [3.63, 3.8) is 0 Å². The normalized spacial score (nSPS) is 17.2. The summed E-state index contributed by atoms with van der Waals surface area (Å²) in [5, 5.41) is 10.7. The number of piperidine rings is 1. The molecule has 152 valence electrons. The molecular formula is C20H24ClNO5S. The molecule has 1 fully saturated rings. The highest BCUT2D eigenvalue weighted by molar-refractivity contribution is 7.89. The van der Waals surface area contributed by atoms with Gasteiger partial charge in [-0.25, -0.2) is 12.7 Å². The summed E-state index contributed by atoms with van der Waals surface area (Å²) in [5.41, 5.74) is 0.596. The second-order valence-corrected chi connectivity index (χ2v) is 9.14. The number of hydrogen-bond donors (Lipinski definition) is 1. The number of sulfonamides is 1. The Labute approximate surface area is 170 Å². The summed E-state index contributed by atoms with van der Waals surface area (Å²) >= 11 is 6.21. The number of rotatable bonds is 7. The van der Waals surface area contributed by atoms with Crippen molar-refractivity contribution < 1.29 is 23.0 Å². The van der Waals surface area contributed by atoms with Gasteiger partial charge >= 0.3 is 0 Å². The van der Waals surface area contributed by atoms with E-state index < -0.39 is 16.1 Å². The van der Waals surface area contributed by atoms with Crippen LogP contribution in [0.2, 0.25) is 5.02 Å². The van der Waals surface area contributed by atoms with Gasteiger partial charge < -0.3 is 14.6 Å². The number of aliphatic hydroxyl groups is 1. The number of benzene rings is 2. The average molecular weight is 426 g/mol. The molecule has 0 aliphatic carbocycles.